The predicted molar refractivity (Wildman–Crippen MR) is 112 cm³/mol. The molecule has 0 fully saturated rings. The van der Waals surface area contributed by atoms with Crippen LogP contribution in [0.4, 0.5) is 0 Å². The van der Waals surface area contributed by atoms with Crippen molar-refractivity contribution in [1.82, 2.24) is 0 Å². The molecule has 4 aromatic carbocycles. The van der Waals surface area contributed by atoms with Crippen LogP contribution in [-0.2, 0) is 5.41 Å². The Morgan fingerprint density at radius 3 is 1.79 bits per heavy atom. The maximum atomic E-state index is 9.58. The number of benzene rings is 4. The van der Waals surface area contributed by atoms with Crippen LogP contribution in [0.1, 0.15) is 27.8 Å². The average molecular weight is 376 g/mol. The van der Waals surface area contributed by atoms with Gasteiger partial charge in [0.15, 0.2) is 0 Å². The number of rotatable bonds is 0. The molecule has 0 saturated carbocycles. The van der Waals surface area contributed by atoms with Gasteiger partial charge in [-0.15, -0.1) is 0 Å². The zero-order chi connectivity index (χ0) is 18.9. The Labute approximate surface area is 168 Å². The molecule has 0 amide bonds. The number of hydrogen-bond donors (Lipinski definition) is 0. The second-order valence-electron chi connectivity index (χ2n) is 7.40. The number of nitriles is 1. The molecule has 0 bridgehead atoms. The minimum absolute atomic E-state index is 0.435. The summed E-state index contributed by atoms with van der Waals surface area (Å²) in [4.78, 5) is 0. The largest absolute Gasteiger partial charge is 0.192 e. The molecule has 0 radical (unpaired) electrons. The molecular formula is C26H14ClN. The van der Waals surface area contributed by atoms with E-state index in [0.717, 1.165) is 5.02 Å². The summed E-state index contributed by atoms with van der Waals surface area (Å²) >= 11 is 6.49. The lowest BCUT2D eigenvalue weighted by Crippen LogP contribution is -2.26. The highest BCUT2D eigenvalue weighted by atomic mass is 35.5. The van der Waals surface area contributed by atoms with Crippen LogP contribution >= 0.6 is 11.6 Å². The molecule has 0 N–H and O–H groups in total. The first-order valence-corrected chi connectivity index (χ1v) is 9.67. The quantitative estimate of drug-likeness (QED) is 0.295. The lowest BCUT2D eigenvalue weighted by molar-refractivity contribution is 0.793. The van der Waals surface area contributed by atoms with Gasteiger partial charge in [-0.25, -0.2) is 0 Å². The fourth-order valence-electron chi connectivity index (χ4n) is 5.18. The Bertz CT molecular complexity index is 1300. The molecule has 0 aromatic heterocycles. The Morgan fingerprint density at radius 2 is 1.14 bits per heavy atom. The topological polar surface area (TPSA) is 23.8 Å². The van der Waals surface area contributed by atoms with Crippen molar-refractivity contribution in [3.63, 3.8) is 0 Å². The van der Waals surface area contributed by atoms with E-state index < -0.39 is 5.41 Å². The Hall–Kier alpha value is -3.34. The SMILES string of the molecule is N#Cc1ccc2c(c1)C1(c3ccccc3-c3ccccc31)c1cc(Cl)ccc1-2. The molecular weight excluding hydrogens is 362 g/mol. The van der Waals surface area contributed by atoms with Crippen LogP contribution < -0.4 is 0 Å². The van der Waals surface area contributed by atoms with E-state index in [1.807, 2.05) is 12.1 Å². The first kappa shape index (κ1) is 15.7. The molecule has 2 aliphatic rings. The lowest BCUT2D eigenvalue weighted by Gasteiger charge is -2.30. The summed E-state index contributed by atoms with van der Waals surface area (Å²) in [6.07, 6.45) is 0. The van der Waals surface area contributed by atoms with Crippen molar-refractivity contribution in [3.05, 3.63) is 118 Å². The van der Waals surface area contributed by atoms with Crippen molar-refractivity contribution >= 4 is 11.6 Å². The molecule has 0 atom stereocenters. The molecule has 6 rings (SSSR count). The van der Waals surface area contributed by atoms with E-state index >= 15 is 0 Å². The summed E-state index contributed by atoms with van der Waals surface area (Å²) < 4.78 is 0. The van der Waals surface area contributed by atoms with E-state index in [0.29, 0.717) is 5.56 Å². The van der Waals surface area contributed by atoms with Crippen LogP contribution in [0.15, 0.2) is 84.9 Å². The van der Waals surface area contributed by atoms with E-state index in [9.17, 15) is 5.26 Å². The van der Waals surface area contributed by atoms with Gasteiger partial charge in [0.05, 0.1) is 17.0 Å². The second-order valence-corrected chi connectivity index (χ2v) is 7.84. The standard InChI is InChI=1S/C26H14ClN/c27-17-10-12-21-20-11-9-16(15-28)13-24(20)26(25(21)14-17)22-7-3-1-5-18(22)19-6-2-4-8-23(19)26/h1-14H. The zero-order valence-corrected chi connectivity index (χ0v) is 15.7. The van der Waals surface area contributed by atoms with Crippen LogP contribution in [0.3, 0.4) is 0 Å². The summed E-state index contributed by atoms with van der Waals surface area (Å²) in [6, 6.07) is 31.7. The van der Waals surface area contributed by atoms with E-state index in [1.165, 1.54) is 44.5 Å². The zero-order valence-electron chi connectivity index (χ0n) is 14.9. The Morgan fingerprint density at radius 1 is 0.607 bits per heavy atom. The van der Waals surface area contributed by atoms with Crippen molar-refractivity contribution in [1.29, 1.82) is 5.26 Å². The summed E-state index contributed by atoms with van der Waals surface area (Å²) in [6.45, 7) is 0. The monoisotopic (exact) mass is 375 g/mol. The summed E-state index contributed by atoms with van der Waals surface area (Å²) in [7, 11) is 0. The molecule has 2 heteroatoms. The summed E-state index contributed by atoms with van der Waals surface area (Å²) in [5.41, 5.74) is 9.99. The van der Waals surface area contributed by atoms with Gasteiger partial charge in [0.2, 0.25) is 0 Å². The first-order chi connectivity index (χ1) is 13.7. The van der Waals surface area contributed by atoms with Gasteiger partial charge in [-0.05, 0) is 68.8 Å². The lowest BCUT2D eigenvalue weighted by atomic mass is 9.70. The number of hydrogen-bond acceptors (Lipinski definition) is 1. The minimum Gasteiger partial charge on any atom is -0.192 e. The van der Waals surface area contributed by atoms with Crippen LogP contribution in [0.5, 0.6) is 0 Å². The van der Waals surface area contributed by atoms with Gasteiger partial charge >= 0.3 is 0 Å². The van der Waals surface area contributed by atoms with Gasteiger partial charge < -0.3 is 0 Å². The fourth-order valence-corrected chi connectivity index (χ4v) is 5.35. The van der Waals surface area contributed by atoms with Crippen molar-refractivity contribution < 1.29 is 0 Å². The highest BCUT2D eigenvalue weighted by Crippen LogP contribution is 2.62. The fraction of sp³-hybridized carbons (Fsp3) is 0.0385. The second kappa shape index (κ2) is 5.35. The minimum atomic E-state index is -0.435. The third kappa shape index (κ3) is 1.72. The highest BCUT2D eigenvalue weighted by molar-refractivity contribution is 6.30. The third-order valence-electron chi connectivity index (χ3n) is 6.18. The highest BCUT2D eigenvalue weighted by Gasteiger charge is 2.51. The molecule has 130 valence electrons. The van der Waals surface area contributed by atoms with Crippen LogP contribution in [0.25, 0.3) is 22.3 Å². The number of nitrogens with zero attached hydrogens (tertiary/aromatic N) is 1. The van der Waals surface area contributed by atoms with E-state index in [2.05, 4.69) is 78.9 Å². The molecule has 1 spiro atoms. The van der Waals surface area contributed by atoms with Crippen LogP contribution in [-0.4, -0.2) is 0 Å². The van der Waals surface area contributed by atoms with Gasteiger partial charge in [0, 0.05) is 5.02 Å². The van der Waals surface area contributed by atoms with Gasteiger partial charge in [-0.2, -0.15) is 5.26 Å². The van der Waals surface area contributed by atoms with Crippen molar-refractivity contribution in [2.75, 3.05) is 0 Å². The van der Waals surface area contributed by atoms with Crippen molar-refractivity contribution in [2.45, 2.75) is 5.41 Å². The number of halogens is 1. The molecule has 0 heterocycles. The maximum Gasteiger partial charge on any atom is 0.0991 e. The molecule has 4 aromatic rings. The van der Waals surface area contributed by atoms with Gasteiger partial charge in [-0.3, -0.25) is 0 Å². The predicted octanol–water partition coefficient (Wildman–Crippen LogP) is 6.56. The summed E-state index contributed by atoms with van der Waals surface area (Å²) in [5, 5.41) is 10.3. The smallest absolute Gasteiger partial charge is 0.0991 e. The number of fused-ring (bicyclic) bond motifs is 10. The van der Waals surface area contributed by atoms with Gasteiger partial charge in [0.1, 0.15) is 0 Å². The first-order valence-electron chi connectivity index (χ1n) is 9.29. The third-order valence-corrected chi connectivity index (χ3v) is 6.42. The van der Waals surface area contributed by atoms with E-state index in [-0.39, 0.29) is 0 Å². The Kier molecular flexibility index (Phi) is 3.00. The molecule has 0 saturated heterocycles. The normalized spacial score (nSPS) is 14.1. The van der Waals surface area contributed by atoms with Gasteiger partial charge in [-0.1, -0.05) is 72.3 Å². The maximum absolute atomic E-state index is 9.58. The van der Waals surface area contributed by atoms with Gasteiger partial charge in [0.25, 0.3) is 0 Å². The molecule has 0 aliphatic heterocycles. The summed E-state index contributed by atoms with van der Waals surface area (Å²) in [5.74, 6) is 0. The Balaban J connectivity index is 1.87. The van der Waals surface area contributed by atoms with Crippen LogP contribution in [0, 0.1) is 11.3 Å². The van der Waals surface area contributed by atoms with E-state index in [4.69, 9.17) is 11.6 Å². The molecule has 1 nitrogen and oxygen atoms in total. The van der Waals surface area contributed by atoms with E-state index in [1.54, 1.807) is 0 Å². The van der Waals surface area contributed by atoms with Crippen LogP contribution in [0.2, 0.25) is 5.02 Å². The molecule has 0 unspecified atom stereocenters. The van der Waals surface area contributed by atoms with Crippen molar-refractivity contribution in [3.8, 4) is 28.3 Å². The molecule has 28 heavy (non-hydrogen) atoms. The molecule has 2 aliphatic carbocycles. The van der Waals surface area contributed by atoms with Crippen molar-refractivity contribution in [2.24, 2.45) is 0 Å². The average Bonchev–Trinajstić information content (AvgIpc) is 3.20.